The van der Waals surface area contributed by atoms with Crippen LogP contribution in [0.25, 0.3) is 11.4 Å². The largest absolute Gasteiger partial charge is 0.459 e. The third kappa shape index (κ3) is 4.35. The van der Waals surface area contributed by atoms with Crippen molar-refractivity contribution in [2.75, 3.05) is 0 Å². The smallest absolute Gasteiger partial charge is 0.338 e. The Morgan fingerprint density at radius 2 is 1.93 bits per heavy atom. The molecule has 1 aromatic carbocycles. The van der Waals surface area contributed by atoms with Gasteiger partial charge in [-0.3, -0.25) is 9.59 Å². The van der Waals surface area contributed by atoms with Gasteiger partial charge in [0.15, 0.2) is 5.78 Å². The molecule has 0 aliphatic rings. The van der Waals surface area contributed by atoms with Crippen LogP contribution >= 0.6 is 0 Å². The fraction of sp³-hybridized carbons (Fsp3) is 0.333. The molecule has 9 heteroatoms. The van der Waals surface area contributed by atoms with E-state index >= 15 is 0 Å². The van der Waals surface area contributed by atoms with Gasteiger partial charge in [0.1, 0.15) is 6.54 Å². The van der Waals surface area contributed by atoms with Crippen molar-refractivity contribution < 1.29 is 19.1 Å². The molecule has 0 amide bonds. The molecule has 3 aromatic rings. The van der Waals surface area contributed by atoms with Crippen molar-refractivity contribution in [3.63, 3.8) is 0 Å². The van der Waals surface area contributed by atoms with Crippen LogP contribution in [0.4, 0.5) is 0 Å². The number of rotatable bonds is 7. The number of esters is 1. The quantitative estimate of drug-likeness (QED) is 0.470. The Balaban J connectivity index is 1.79. The summed E-state index contributed by atoms with van der Waals surface area (Å²) < 4.78 is 5.20. The summed E-state index contributed by atoms with van der Waals surface area (Å²) in [5, 5.41) is 12.2. The molecule has 2 aromatic heterocycles. The molecular formula is C21H23N5O4. The molecule has 0 radical (unpaired) electrons. The number of benzene rings is 1. The number of H-pyrrole nitrogens is 1. The summed E-state index contributed by atoms with van der Waals surface area (Å²) in [5.41, 5.74) is 3.11. The number of tetrazole rings is 1. The van der Waals surface area contributed by atoms with Gasteiger partial charge in [0.05, 0.1) is 17.4 Å². The van der Waals surface area contributed by atoms with Gasteiger partial charge >= 0.3 is 5.97 Å². The third-order valence-electron chi connectivity index (χ3n) is 4.51. The van der Waals surface area contributed by atoms with E-state index in [2.05, 4.69) is 20.4 Å². The number of nitrogens with zero attached hydrogens (tertiary/aromatic N) is 4. The van der Waals surface area contributed by atoms with Crippen LogP contribution in [0.5, 0.6) is 0 Å². The van der Waals surface area contributed by atoms with Crippen molar-refractivity contribution in [1.29, 1.82) is 0 Å². The van der Waals surface area contributed by atoms with Gasteiger partial charge in [-0.25, -0.2) is 4.79 Å². The maximum Gasteiger partial charge on any atom is 0.338 e. The molecule has 9 nitrogen and oxygen atoms in total. The fourth-order valence-corrected chi connectivity index (χ4v) is 3.26. The predicted octanol–water partition coefficient (Wildman–Crippen LogP) is 2.94. The van der Waals surface area contributed by atoms with E-state index in [0.717, 1.165) is 0 Å². The first-order valence-electron chi connectivity index (χ1n) is 9.50. The van der Waals surface area contributed by atoms with Crippen molar-refractivity contribution in [2.24, 2.45) is 0 Å². The number of Topliss-reactive ketones (excluding diaryl/α,β-unsaturated/α-hetero) is 2. The van der Waals surface area contributed by atoms with Gasteiger partial charge in [0.25, 0.3) is 0 Å². The molecule has 0 aliphatic heterocycles. The lowest BCUT2D eigenvalue weighted by atomic mass is 10.1. The highest BCUT2D eigenvalue weighted by Gasteiger charge is 2.21. The zero-order chi connectivity index (χ0) is 22.0. The number of carbonyl (C=O) groups excluding carboxylic acids is 3. The normalized spacial score (nSPS) is 11.0. The predicted molar refractivity (Wildman–Crippen MR) is 108 cm³/mol. The Morgan fingerprint density at radius 1 is 1.20 bits per heavy atom. The topological polar surface area (TPSA) is 120 Å². The van der Waals surface area contributed by atoms with Crippen molar-refractivity contribution >= 4 is 17.5 Å². The number of hydrogen-bond acceptors (Lipinski definition) is 7. The molecule has 0 bridgehead atoms. The summed E-state index contributed by atoms with van der Waals surface area (Å²) in [7, 11) is 0. The minimum Gasteiger partial charge on any atom is -0.459 e. The number of hydrogen-bond donors (Lipinski definition) is 1. The summed E-state index contributed by atoms with van der Waals surface area (Å²) in [5.74, 6) is -0.516. The second-order valence-corrected chi connectivity index (χ2v) is 7.28. The zero-order valence-electron chi connectivity index (χ0n) is 17.5. The van der Waals surface area contributed by atoms with E-state index in [-0.39, 0.29) is 30.0 Å². The Labute approximate surface area is 173 Å². The van der Waals surface area contributed by atoms with Crippen LogP contribution in [0, 0.1) is 13.8 Å². The number of ether oxygens (including phenoxy) is 1. The van der Waals surface area contributed by atoms with Gasteiger partial charge in [0, 0.05) is 16.8 Å². The number of aromatic amines is 1. The average Bonchev–Trinajstić information content (AvgIpc) is 3.25. The van der Waals surface area contributed by atoms with E-state index in [1.165, 1.54) is 11.7 Å². The van der Waals surface area contributed by atoms with Crippen molar-refractivity contribution in [3.8, 4) is 11.4 Å². The van der Waals surface area contributed by atoms with Crippen molar-refractivity contribution in [3.05, 3.63) is 52.3 Å². The minimum absolute atomic E-state index is 0.0997. The van der Waals surface area contributed by atoms with Gasteiger partial charge in [-0.15, -0.1) is 10.2 Å². The van der Waals surface area contributed by atoms with Crippen LogP contribution in [-0.2, 0) is 11.3 Å². The monoisotopic (exact) mass is 409 g/mol. The Morgan fingerprint density at radius 3 is 2.57 bits per heavy atom. The van der Waals surface area contributed by atoms with Gasteiger partial charge in [-0.2, -0.15) is 4.80 Å². The van der Waals surface area contributed by atoms with E-state index < -0.39 is 5.97 Å². The molecule has 0 unspecified atom stereocenters. The number of aromatic nitrogens is 5. The third-order valence-corrected chi connectivity index (χ3v) is 4.51. The van der Waals surface area contributed by atoms with Crippen LogP contribution in [0.3, 0.4) is 0 Å². The first-order valence-corrected chi connectivity index (χ1v) is 9.50. The molecular weight excluding hydrogens is 386 g/mol. The highest BCUT2D eigenvalue weighted by atomic mass is 16.5. The van der Waals surface area contributed by atoms with E-state index in [9.17, 15) is 14.4 Å². The fourth-order valence-electron chi connectivity index (χ4n) is 3.26. The van der Waals surface area contributed by atoms with Crippen LogP contribution in [0.15, 0.2) is 24.3 Å². The number of carbonyl (C=O) groups is 3. The number of ketones is 2. The van der Waals surface area contributed by atoms with E-state index in [0.29, 0.717) is 33.6 Å². The highest BCUT2D eigenvalue weighted by Crippen LogP contribution is 2.20. The van der Waals surface area contributed by atoms with Gasteiger partial charge in [-0.05, 0) is 57.5 Å². The van der Waals surface area contributed by atoms with Gasteiger partial charge in [-0.1, -0.05) is 12.1 Å². The van der Waals surface area contributed by atoms with Gasteiger partial charge < -0.3 is 9.72 Å². The number of nitrogens with one attached hydrogen (secondary N) is 1. The Kier molecular flexibility index (Phi) is 5.91. The molecule has 156 valence electrons. The average molecular weight is 409 g/mol. The number of aryl methyl sites for hydroxylation is 1. The first kappa shape index (κ1) is 21.1. The lowest BCUT2D eigenvalue weighted by Gasteiger charge is -2.08. The molecule has 0 spiro atoms. The zero-order valence-corrected chi connectivity index (χ0v) is 17.5. The van der Waals surface area contributed by atoms with Gasteiger partial charge in [0.2, 0.25) is 11.6 Å². The molecule has 0 saturated carbocycles. The van der Waals surface area contributed by atoms with Crippen LogP contribution in [0.2, 0.25) is 0 Å². The molecule has 2 heterocycles. The van der Waals surface area contributed by atoms with Crippen LogP contribution < -0.4 is 0 Å². The molecule has 0 saturated heterocycles. The SMILES string of the molecule is CC(=O)c1c(C)[nH]c(C(=O)Cn2nnc(-c3cccc(C(=O)OC(C)C)c3)n2)c1C. The maximum atomic E-state index is 12.7. The van der Waals surface area contributed by atoms with Crippen molar-refractivity contribution in [2.45, 2.75) is 47.3 Å². The van der Waals surface area contributed by atoms with Crippen LogP contribution in [0.1, 0.15) is 63.2 Å². The lowest BCUT2D eigenvalue weighted by Crippen LogP contribution is -2.14. The standard InChI is InChI=1S/C21H23N5O4/c1-11(2)30-21(29)16-8-6-7-15(9-16)20-23-25-26(24-20)10-17(28)19-12(3)18(14(5)27)13(4)22-19/h6-9,11,22H,10H2,1-5H3. The Bertz CT molecular complexity index is 1130. The minimum atomic E-state index is -0.437. The summed E-state index contributed by atoms with van der Waals surface area (Å²) in [6.45, 7) is 8.37. The Hall–Kier alpha value is -3.62. The molecule has 0 atom stereocenters. The first-order chi connectivity index (χ1) is 14.2. The molecule has 1 N–H and O–H groups in total. The highest BCUT2D eigenvalue weighted by molar-refractivity contribution is 6.03. The summed E-state index contributed by atoms with van der Waals surface area (Å²) in [4.78, 5) is 40.7. The second kappa shape index (κ2) is 8.40. The summed E-state index contributed by atoms with van der Waals surface area (Å²) in [6, 6.07) is 6.70. The summed E-state index contributed by atoms with van der Waals surface area (Å²) in [6.07, 6.45) is -0.227. The van der Waals surface area contributed by atoms with Crippen molar-refractivity contribution in [1.82, 2.24) is 25.2 Å². The second-order valence-electron chi connectivity index (χ2n) is 7.28. The van der Waals surface area contributed by atoms with E-state index in [1.54, 1.807) is 52.0 Å². The van der Waals surface area contributed by atoms with E-state index in [4.69, 9.17) is 4.74 Å². The maximum absolute atomic E-state index is 12.7. The molecule has 0 aliphatic carbocycles. The molecule has 0 fully saturated rings. The van der Waals surface area contributed by atoms with E-state index in [1.807, 2.05) is 0 Å². The molecule has 30 heavy (non-hydrogen) atoms. The van der Waals surface area contributed by atoms with Crippen LogP contribution in [-0.4, -0.2) is 48.8 Å². The molecule has 3 rings (SSSR count). The summed E-state index contributed by atoms with van der Waals surface area (Å²) >= 11 is 0. The lowest BCUT2D eigenvalue weighted by molar-refractivity contribution is 0.0377.